The molecule has 108 valence electrons. The molecule has 1 rings (SSSR count). The van der Waals surface area contributed by atoms with Crippen molar-refractivity contribution in [1.82, 2.24) is 5.32 Å². The van der Waals surface area contributed by atoms with E-state index < -0.39 is 24.5 Å². The summed E-state index contributed by atoms with van der Waals surface area (Å²) < 4.78 is 55.4. The fourth-order valence-electron chi connectivity index (χ4n) is 1.91. The Kier molecular flexibility index (Phi) is 5.60. The lowest BCUT2D eigenvalue weighted by Crippen LogP contribution is -2.35. The molecule has 1 unspecified atom stereocenters. The summed E-state index contributed by atoms with van der Waals surface area (Å²) in [5.74, 6) is -0.484. The smallest absolute Gasteiger partial charge is 0.390 e. The van der Waals surface area contributed by atoms with Crippen molar-refractivity contribution in [3.8, 4) is 5.75 Å². The number of benzene rings is 1. The van der Waals surface area contributed by atoms with Crippen molar-refractivity contribution < 1.29 is 22.3 Å². The van der Waals surface area contributed by atoms with Crippen molar-refractivity contribution in [1.29, 1.82) is 0 Å². The van der Waals surface area contributed by atoms with Gasteiger partial charge in [-0.05, 0) is 30.7 Å². The van der Waals surface area contributed by atoms with Gasteiger partial charge in [0.15, 0.2) is 11.6 Å². The van der Waals surface area contributed by atoms with Crippen molar-refractivity contribution in [2.45, 2.75) is 32.0 Å². The molecule has 0 saturated carbocycles. The normalized spacial score (nSPS) is 13.4. The van der Waals surface area contributed by atoms with Crippen molar-refractivity contribution in [3.05, 3.63) is 29.6 Å². The lowest BCUT2D eigenvalue weighted by molar-refractivity contribution is -0.139. The Hall–Kier alpha value is -1.30. The summed E-state index contributed by atoms with van der Waals surface area (Å²) in [4.78, 5) is 0. The molecule has 1 aromatic rings. The summed E-state index contributed by atoms with van der Waals surface area (Å²) in [7, 11) is 1.34. The number of hydrogen-bond acceptors (Lipinski definition) is 2. The van der Waals surface area contributed by atoms with Gasteiger partial charge in [-0.15, -0.1) is 0 Å². The Bertz CT molecular complexity index is 406. The van der Waals surface area contributed by atoms with Crippen molar-refractivity contribution in [2.24, 2.45) is 0 Å². The van der Waals surface area contributed by atoms with Crippen molar-refractivity contribution >= 4 is 0 Å². The fourth-order valence-corrected chi connectivity index (χ4v) is 1.91. The summed E-state index contributed by atoms with van der Waals surface area (Å²) in [6, 6.07) is 3.45. The minimum Gasteiger partial charge on any atom is -0.494 e. The van der Waals surface area contributed by atoms with Crippen LogP contribution >= 0.6 is 0 Å². The molecule has 1 atom stereocenters. The third-order valence-corrected chi connectivity index (χ3v) is 2.67. The minimum atomic E-state index is -4.24. The molecule has 0 aliphatic carbocycles. The molecule has 0 aromatic heterocycles. The van der Waals surface area contributed by atoms with Gasteiger partial charge in [-0.2, -0.15) is 13.2 Å². The van der Waals surface area contributed by atoms with Crippen LogP contribution in [0.5, 0.6) is 5.75 Å². The highest BCUT2D eigenvalue weighted by Crippen LogP contribution is 2.24. The first-order valence-electron chi connectivity index (χ1n) is 5.98. The molecule has 2 nitrogen and oxygen atoms in total. The molecule has 1 N–H and O–H groups in total. The van der Waals surface area contributed by atoms with E-state index in [1.54, 1.807) is 13.0 Å². The third-order valence-electron chi connectivity index (χ3n) is 2.67. The topological polar surface area (TPSA) is 21.3 Å². The van der Waals surface area contributed by atoms with Gasteiger partial charge in [0.25, 0.3) is 0 Å². The molecule has 0 spiro atoms. The predicted octanol–water partition coefficient (Wildman–Crippen LogP) is 3.31. The molecule has 1 aromatic carbocycles. The van der Waals surface area contributed by atoms with Crippen LogP contribution in [0.4, 0.5) is 17.6 Å². The van der Waals surface area contributed by atoms with Crippen molar-refractivity contribution in [2.75, 3.05) is 13.7 Å². The first kappa shape index (κ1) is 15.8. The third kappa shape index (κ3) is 5.46. The monoisotopic (exact) mass is 279 g/mol. The molecular formula is C13H17F4NO. The second kappa shape index (κ2) is 6.75. The number of halogens is 4. The zero-order valence-electron chi connectivity index (χ0n) is 10.9. The molecule has 6 heteroatoms. The van der Waals surface area contributed by atoms with Gasteiger partial charge < -0.3 is 10.1 Å². The van der Waals surface area contributed by atoms with E-state index >= 15 is 0 Å². The summed E-state index contributed by atoms with van der Waals surface area (Å²) in [6.07, 6.45) is -5.05. The standard InChI is InChI=1S/C13H17F4NO/c1-3-18-10(8-13(15,16)17)6-9-4-5-12(19-2)11(14)7-9/h4-5,7,10,18H,3,6,8H2,1-2H3. The Morgan fingerprint density at radius 1 is 1.32 bits per heavy atom. The zero-order valence-corrected chi connectivity index (χ0v) is 10.9. The van der Waals surface area contributed by atoms with Gasteiger partial charge in [0.05, 0.1) is 13.5 Å². The summed E-state index contributed by atoms with van der Waals surface area (Å²) in [6.45, 7) is 2.16. The molecule has 0 bridgehead atoms. The Balaban J connectivity index is 2.76. The van der Waals surface area contributed by atoms with Crippen LogP contribution in [0.2, 0.25) is 0 Å². The van der Waals surface area contributed by atoms with Crippen LogP contribution in [0.15, 0.2) is 18.2 Å². The first-order valence-corrected chi connectivity index (χ1v) is 5.98. The Morgan fingerprint density at radius 3 is 2.47 bits per heavy atom. The van der Waals surface area contributed by atoms with E-state index in [-0.39, 0.29) is 12.2 Å². The highest BCUT2D eigenvalue weighted by molar-refractivity contribution is 5.29. The lowest BCUT2D eigenvalue weighted by Gasteiger charge is -2.19. The van der Waals surface area contributed by atoms with Gasteiger partial charge in [0.2, 0.25) is 0 Å². The van der Waals surface area contributed by atoms with E-state index in [0.717, 1.165) is 0 Å². The molecule has 0 radical (unpaired) electrons. The molecule has 0 aliphatic rings. The van der Waals surface area contributed by atoms with Gasteiger partial charge in [-0.25, -0.2) is 4.39 Å². The van der Waals surface area contributed by atoms with Crippen LogP contribution in [0.1, 0.15) is 18.9 Å². The second-order valence-electron chi connectivity index (χ2n) is 4.25. The number of alkyl halides is 3. The summed E-state index contributed by atoms with van der Waals surface area (Å²) in [5.41, 5.74) is 0.508. The SMILES string of the molecule is CCNC(Cc1ccc(OC)c(F)c1)CC(F)(F)F. The molecule has 0 heterocycles. The van der Waals surface area contributed by atoms with Gasteiger partial charge in [0, 0.05) is 6.04 Å². The molecular weight excluding hydrogens is 262 g/mol. The second-order valence-corrected chi connectivity index (χ2v) is 4.25. The number of rotatable bonds is 6. The van der Waals surface area contributed by atoms with Gasteiger partial charge in [-0.3, -0.25) is 0 Å². The Labute approximate surface area is 109 Å². The molecule has 19 heavy (non-hydrogen) atoms. The number of nitrogens with one attached hydrogen (secondary N) is 1. The van der Waals surface area contributed by atoms with Crippen LogP contribution < -0.4 is 10.1 Å². The van der Waals surface area contributed by atoms with Gasteiger partial charge >= 0.3 is 6.18 Å². The highest BCUT2D eigenvalue weighted by Gasteiger charge is 2.31. The van der Waals surface area contributed by atoms with Crippen LogP contribution in [0, 0.1) is 5.82 Å². The van der Waals surface area contributed by atoms with E-state index in [0.29, 0.717) is 12.1 Å². The van der Waals surface area contributed by atoms with Crippen LogP contribution in [-0.4, -0.2) is 25.9 Å². The van der Waals surface area contributed by atoms with E-state index in [1.807, 2.05) is 0 Å². The molecule has 0 amide bonds. The zero-order chi connectivity index (χ0) is 14.5. The summed E-state index contributed by atoms with van der Waals surface area (Å²) in [5, 5.41) is 2.76. The molecule has 0 fully saturated rings. The van der Waals surface area contributed by atoms with E-state index in [9.17, 15) is 17.6 Å². The minimum absolute atomic E-state index is 0.0829. The highest BCUT2D eigenvalue weighted by atomic mass is 19.4. The quantitative estimate of drug-likeness (QED) is 0.807. The largest absolute Gasteiger partial charge is 0.494 e. The Morgan fingerprint density at radius 2 is 2.00 bits per heavy atom. The number of likely N-dealkylation sites (N-methyl/N-ethyl adjacent to an activating group) is 1. The molecule has 0 aliphatic heterocycles. The van der Waals surface area contributed by atoms with E-state index in [2.05, 4.69) is 5.32 Å². The van der Waals surface area contributed by atoms with E-state index in [1.165, 1.54) is 19.2 Å². The predicted molar refractivity (Wildman–Crippen MR) is 64.8 cm³/mol. The maximum absolute atomic E-state index is 13.5. The summed E-state index contributed by atoms with van der Waals surface area (Å²) >= 11 is 0. The number of ether oxygens (including phenoxy) is 1. The van der Waals surface area contributed by atoms with Gasteiger partial charge in [0.1, 0.15) is 0 Å². The first-order chi connectivity index (χ1) is 8.85. The fraction of sp³-hybridized carbons (Fsp3) is 0.538. The van der Waals surface area contributed by atoms with E-state index in [4.69, 9.17) is 4.74 Å². The van der Waals surface area contributed by atoms with Crippen molar-refractivity contribution in [3.63, 3.8) is 0 Å². The molecule has 0 saturated heterocycles. The maximum Gasteiger partial charge on any atom is 0.390 e. The maximum atomic E-state index is 13.5. The average Bonchev–Trinajstić information content (AvgIpc) is 2.27. The van der Waals surface area contributed by atoms with Gasteiger partial charge in [-0.1, -0.05) is 13.0 Å². The number of methoxy groups -OCH3 is 1. The van der Waals surface area contributed by atoms with Crippen LogP contribution in [0.3, 0.4) is 0 Å². The number of hydrogen-bond donors (Lipinski definition) is 1. The lowest BCUT2D eigenvalue weighted by atomic mass is 10.0. The van der Waals surface area contributed by atoms with Crippen LogP contribution in [0.25, 0.3) is 0 Å². The average molecular weight is 279 g/mol. The van der Waals surface area contributed by atoms with Crippen LogP contribution in [-0.2, 0) is 6.42 Å².